The van der Waals surface area contributed by atoms with Crippen LogP contribution >= 0.6 is 24.0 Å². The molecule has 0 bridgehead atoms. The largest absolute Gasteiger partial charge is 0.367 e. The van der Waals surface area contributed by atoms with Crippen LogP contribution in [0.1, 0.15) is 18.2 Å². The first-order chi connectivity index (χ1) is 13.7. The number of rotatable bonds is 6. The number of nitrogens with zero attached hydrogens (tertiary/aromatic N) is 4. The zero-order valence-corrected chi connectivity index (χ0v) is 19.4. The van der Waals surface area contributed by atoms with Gasteiger partial charge in [-0.05, 0) is 36.4 Å². The molecule has 0 unspecified atom stereocenters. The third-order valence-electron chi connectivity index (χ3n) is 5.02. The van der Waals surface area contributed by atoms with Gasteiger partial charge in [-0.2, -0.15) is 0 Å². The molecular formula is C21H30FIN6. The van der Waals surface area contributed by atoms with E-state index in [0.717, 1.165) is 44.0 Å². The number of nitrogens with one attached hydrogen (secondary N) is 2. The Balaban J connectivity index is 0.00000300. The Hall–Kier alpha value is -1.94. The van der Waals surface area contributed by atoms with Crippen molar-refractivity contribution >= 4 is 35.6 Å². The summed E-state index contributed by atoms with van der Waals surface area (Å²) in [6.07, 6.45) is 1.76. The fourth-order valence-corrected chi connectivity index (χ4v) is 3.31. The molecule has 0 saturated carbocycles. The highest BCUT2D eigenvalue weighted by Gasteiger charge is 2.18. The van der Waals surface area contributed by atoms with E-state index >= 15 is 0 Å². The van der Waals surface area contributed by atoms with Gasteiger partial charge >= 0.3 is 0 Å². The number of likely N-dealkylation sites (N-methyl/N-ethyl adjacent to an activating group) is 1. The van der Waals surface area contributed by atoms with Crippen LogP contribution in [-0.4, -0.2) is 55.6 Å². The number of pyridine rings is 1. The Morgan fingerprint density at radius 3 is 2.48 bits per heavy atom. The van der Waals surface area contributed by atoms with Crippen molar-refractivity contribution in [2.75, 3.05) is 44.7 Å². The van der Waals surface area contributed by atoms with Gasteiger partial charge in [-0.15, -0.1) is 24.0 Å². The summed E-state index contributed by atoms with van der Waals surface area (Å²) >= 11 is 0. The van der Waals surface area contributed by atoms with Gasteiger partial charge in [0.1, 0.15) is 5.82 Å². The van der Waals surface area contributed by atoms with Crippen LogP contribution < -0.4 is 15.5 Å². The number of aromatic nitrogens is 1. The average molecular weight is 512 g/mol. The van der Waals surface area contributed by atoms with Gasteiger partial charge in [0.05, 0.1) is 17.9 Å². The topological polar surface area (TPSA) is 55.8 Å². The van der Waals surface area contributed by atoms with Crippen molar-refractivity contribution in [3.63, 3.8) is 0 Å². The van der Waals surface area contributed by atoms with Crippen molar-refractivity contribution in [2.24, 2.45) is 4.99 Å². The highest BCUT2D eigenvalue weighted by molar-refractivity contribution is 14.0. The molecule has 0 atom stereocenters. The Bertz CT molecular complexity index is 778. The predicted octanol–water partition coefficient (Wildman–Crippen LogP) is 2.85. The van der Waals surface area contributed by atoms with Crippen molar-refractivity contribution in [1.82, 2.24) is 20.5 Å². The molecule has 158 valence electrons. The Morgan fingerprint density at radius 1 is 1.10 bits per heavy atom. The second-order valence-corrected chi connectivity index (χ2v) is 6.81. The van der Waals surface area contributed by atoms with E-state index in [1.54, 1.807) is 19.3 Å². The average Bonchev–Trinajstić information content (AvgIpc) is 2.75. The molecule has 0 aliphatic carbocycles. The van der Waals surface area contributed by atoms with Gasteiger partial charge in [-0.1, -0.05) is 19.1 Å². The summed E-state index contributed by atoms with van der Waals surface area (Å²) in [5.74, 6) is 0.492. The summed E-state index contributed by atoms with van der Waals surface area (Å²) in [6.45, 7) is 8.00. The van der Waals surface area contributed by atoms with Crippen LogP contribution in [0.25, 0.3) is 0 Å². The zero-order chi connectivity index (χ0) is 19.8. The van der Waals surface area contributed by atoms with Gasteiger partial charge in [-0.25, -0.2) is 4.39 Å². The van der Waals surface area contributed by atoms with Crippen LogP contribution in [0.2, 0.25) is 0 Å². The molecule has 29 heavy (non-hydrogen) atoms. The molecule has 1 aromatic heterocycles. The quantitative estimate of drug-likeness (QED) is 0.354. The van der Waals surface area contributed by atoms with Crippen molar-refractivity contribution in [1.29, 1.82) is 0 Å². The molecule has 8 heteroatoms. The predicted molar refractivity (Wildman–Crippen MR) is 127 cm³/mol. The lowest BCUT2D eigenvalue weighted by Gasteiger charge is -2.35. The van der Waals surface area contributed by atoms with E-state index in [9.17, 15) is 4.39 Å². The Morgan fingerprint density at radius 2 is 1.86 bits per heavy atom. The lowest BCUT2D eigenvalue weighted by molar-refractivity contribution is 0.270. The monoisotopic (exact) mass is 512 g/mol. The number of hydrogen-bond acceptors (Lipinski definition) is 4. The molecule has 0 spiro atoms. The van der Waals surface area contributed by atoms with Crippen LogP contribution in [0, 0.1) is 5.82 Å². The molecule has 6 nitrogen and oxygen atoms in total. The van der Waals surface area contributed by atoms with Crippen molar-refractivity contribution in [2.45, 2.75) is 20.0 Å². The number of hydrogen-bond donors (Lipinski definition) is 2. The zero-order valence-electron chi connectivity index (χ0n) is 17.1. The van der Waals surface area contributed by atoms with E-state index < -0.39 is 0 Å². The number of halogens is 2. The van der Waals surface area contributed by atoms with Gasteiger partial charge in [-0.3, -0.25) is 9.98 Å². The van der Waals surface area contributed by atoms with E-state index in [0.29, 0.717) is 24.7 Å². The second kappa shape index (κ2) is 11.9. The van der Waals surface area contributed by atoms with Crippen LogP contribution in [0.4, 0.5) is 10.1 Å². The fourth-order valence-electron chi connectivity index (χ4n) is 3.31. The molecule has 0 amide bonds. The Kier molecular flexibility index (Phi) is 9.59. The van der Waals surface area contributed by atoms with E-state index in [2.05, 4.69) is 37.3 Å². The summed E-state index contributed by atoms with van der Waals surface area (Å²) in [5.41, 5.74) is 2.51. The molecule has 1 saturated heterocycles. The van der Waals surface area contributed by atoms with Crippen LogP contribution in [0.3, 0.4) is 0 Å². The smallest absolute Gasteiger partial charge is 0.191 e. The second-order valence-electron chi connectivity index (χ2n) is 6.81. The maximum Gasteiger partial charge on any atom is 0.191 e. The SMILES string of the molecule is CCN1CCN(c2ccc(CNC(=NC)NCc3ccccn3)cc2F)CC1.I. The van der Waals surface area contributed by atoms with Gasteiger partial charge in [0.15, 0.2) is 5.96 Å². The molecule has 1 fully saturated rings. The first-order valence-electron chi connectivity index (χ1n) is 9.79. The van der Waals surface area contributed by atoms with E-state index in [1.807, 2.05) is 30.3 Å². The summed E-state index contributed by atoms with van der Waals surface area (Å²) in [6, 6.07) is 11.3. The van der Waals surface area contributed by atoms with E-state index in [4.69, 9.17) is 0 Å². The third-order valence-corrected chi connectivity index (χ3v) is 5.02. The molecule has 1 aromatic carbocycles. The number of aliphatic imine (C=N–C) groups is 1. The van der Waals surface area contributed by atoms with E-state index in [1.165, 1.54) is 0 Å². The minimum Gasteiger partial charge on any atom is -0.367 e. The van der Waals surface area contributed by atoms with Gasteiger partial charge in [0, 0.05) is 46.0 Å². The van der Waals surface area contributed by atoms with Crippen molar-refractivity contribution in [3.8, 4) is 0 Å². The van der Waals surface area contributed by atoms with Gasteiger partial charge < -0.3 is 20.4 Å². The minimum absolute atomic E-state index is 0. The first kappa shape index (κ1) is 23.3. The van der Waals surface area contributed by atoms with E-state index in [-0.39, 0.29) is 29.8 Å². The summed E-state index contributed by atoms with van der Waals surface area (Å²) < 4.78 is 14.7. The molecular weight excluding hydrogens is 482 g/mol. The maximum absolute atomic E-state index is 14.7. The van der Waals surface area contributed by atoms with Crippen molar-refractivity contribution < 1.29 is 4.39 Å². The van der Waals surface area contributed by atoms with Crippen LogP contribution in [-0.2, 0) is 13.1 Å². The third kappa shape index (κ3) is 6.81. The lowest BCUT2D eigenvalue weighted by atomic mass is 10.1. The lowest BCUT2D eigenvalue weighted by Crippen LogP contribution is -2.46. The highest BCUT2D eigenvalue weighted by Crippen LogP contribution is 2.22. The van der Waals surface area contributed by atoms with Gasteiger partial charge in [0.2, 0.25) is 0 Å². The molecule has 3 rings (SSSR count). The molecule has 2 heterocycles. The molecule has 0 radical (unpaired) electrons. The van der Waals surface area contributed by atoms with Crippen LogP contribution in [0.5, 0.6) is 0 Å². The number of guanidine groups is 1. The summed E-state index contributed by atoms with van der Waals surface area (Å²) in [5, 5.41) is 6.43. The summed E-state index contributed by atoms with van der Waals surface area (Å²) in [4.78, 5) is 13.0. The number of benzene rings is 1. The van der Waals surface area contributed by atoms with Crippen LogP contribution in [0.15, 0.2) is 47.6 Å². The van der Waals surface area contributed by atoms with Gasteiger partial charge in [0.25, 0.3) is 0 Å². The molecule has 2 N–H and O–H groups in total. The first-order valence-corrected chi connectivity index (χ1v) is 9.79. The normalized spacial score (nSPS) is 15.0. The molecule has 1 aliphatic rings. The molecule has 2 aromatic rings. The fraction of sp³-hybridized carbons (Fsp3) is 0.429. The number of anilines is 1. The highest BCUT2D eigenvalue weighted by atomic mass is 127. The standard InChI is InChI=1S/C21H29FN6.HI/c1-3-27-10-12-28(13-11-27)20-8-7-17(14-19(20)22)15-25-21(23-2)26-16-18-6-4-5-9-24-18;/h4-9,14H,3,10-13,15-16H2,1-2H3,(H2,23,25,26);1H. The minimum atomic E-state index is -0.166. The Labute approximate surface area is 189 Å². The molecule has 1 aliphatic heterocycles. The number of piperazine rings is 1. The van der Waals surface area contributed by atoms with Crippen molar-refractivity contribution in [3.05, 3.63) is 59.7 Å². The maximum atomic E-state index is 14.7. The summed E-state index contributed by atoms with van der Waals surface area (Å²) in [7, 11) is 1.72.